The minimum Gasteiger partial charge on any atom is -0.465 e. The summed E-state index contributed by atoms with van der Waals surface area (Å²) in [5, 5.41) is 0. The quantitative estimate of drug-likeness (QED) is 0.499. The monoisotopic (exact) mass is 194 g/mol. The molecule has 0 aliphatic heterocycles. The third-order valence-corrected chi connectivity index (χ3v) is 3.53. The minimum atomic E-state index is -0.200. The van der Waals surface area contributed by atoms with Gasteiger partial charge in [0.2, 0.25) is 0 Å². The number of hydrogen-bond donors (Lipinski definition) is 0. The Balaban J connectivity index is 2.23. The van der Waals surface area contributed by atoms with Crippen molar-refractivity contribution < 1.29 is 9.53 Å². The number of carbonyl (C=O) groups excluding carboxylic acids is 1. The van der Waals surface area contributed by atoms with Crippen LogP contribution in [0.15, 0.2) is 11.6 Å². The molecular formula is C12H18O2. The standard InChI is InChI=1S/C12H18O2/c1-2-14-11(13)12-8-4-3-6-10(12)7-5-9-12/h6H,2-5,7-9H2,1H3. The molecule has 78 valence electrons. The number of carbonyl (C=O) groups is 1. The molecule has 1 fully saturated rings. The van der Waals surface area contributed by atoms with Crippen LogP contribution in [0, 0.1) is 5.41 Å². The van der Waals surface area contributed by atoms with Crippen LogP contribution in [0.2, 0.25) is 0 Å². The van der Waals surface area contributed by atoms with E-state index in [2.05, 4.69) is 6.08 Å². The van der Waals surface area contributed by atoms with Crippen molar-refractivity contribution in [3.8, 4) is 0 Å². The second-order valence-corrected chi connectivity index (χ2v) is 4.28. The number of esters is 1. The highest BCUT2D eigenvalue weighted by Gasteiger charge is 2.46. The summed E-state index contributed by atoms with van der Waals surface area (Å²) in [6.07, 6.45) is 8.85. The van der Waals surface area contributed by atoms with Crippen LogP contribution in [0.25, 0.3) is 0 Å². The molecule has 0 saturated heterocycles. The predicted octanol–water partition coefficient (Wildman–Crippen LogP) is 2.83. The zero-order valence-electron chi connectivity index (χ0n) is 8.84. The molecule has 0 N–H and O–H groups in total. The van der Waals surface area contributed by atoms with Crippen LogP contribution < -0.4 is 0 Å². The van der Waals surface area contributed by atoms with Gasteiger partial charge in [-0.25, -0.2) is 0 Å². The van der Waals surface area contributed by atoms with Gasteiger partial charge in [0.05, 0.1) is 12.0 Å². The second kappa shape index (κ2) is 3.76. The van der Waals surface area contributed by atoms with Gasteiger partial charge in [0, 0.05) is 0 Å². The number of ether oxygens (including phenoxy) is 1. The SMILES string of the molecule is CCOC(=O)C12CCCC=C1CCC2. The summed E-state index contributed by atoms with van der Waals surface area (Å²) in [7, 11) is 0. The van der Waals surface area contributed by atoms with Crippen molar-refractivity contribution in [2.24, 2.45) is 5.41 Å². The number of fused-ring (bicyclic) bond motifs is 1. The highest BCUT2D eigenvalue weighted by molar-refractivity contribution is 5.81. The highest BCUT2D eigenvalue weighted by atomic mass is 16.5. The average molecular weight is 194 g/mol. The van der Waals surface area contributed by atoms with Crippen LogP contribution in [0.3, 0.4) is 0 Å². The zero-order valence-corrected chi connectivity index (χ0v) is 8.84. The van der Waals surface area contributed by atoms with Crippen molar-refractivity contribution >= 4 is 5.97 Å². The van der Waals surface area contributed by atoms with Gasteiger partial charge in [-0.05, 0) is 45.4 Å². The first-order chi connectivity index (χ1) is 6.79. The van der Waals surface area contributed by atoms with Crippen molar-refractivity contribution in [2.75, 3.05) is 6.61 Å². The number of rotatable bonds is 2. The molecule has 0 radical (unpaired) electrons. The van der Waals surface area contributed by atoms with Gasteiger partial charge < -0.3 is 4.74 Å². The van der Waals surface area contributed by atoms with E-state index in [4.69, 9.17) is 4.74 Å². The number of allylic oxidation sites excluding steroid dienone is 1. The Morgan fingerprint density at radius 2 is 2.29 bits per heavy atom. The van der Waals surface area contributed by atoms with Crippen LogP contribution in [-0.2, 0) is 9.53 Å². The molecule has 0 aromatic carbocycles. The highest BCUT2D eigenvalue weighted by Crippen LogP contribution is 2.50. The Labute approximate surface area is 85.3 Å². The van der Waals surface area contributed by atoms with E-state index in [0.29, 0.717) is 6.61 Å². The van der Waals surface area contributed by atoms with Crippen LogP contribution >= 0.6 is 0 Å². The summed E-state index contributed by atoms with van der Waals surface area (Å²) in [5.41, 5.74) is 1.16. The van der Waals surface area contributed by atoms with Gasteiger partial charge in [-0.1, -0.05) is 11.6 Å². The van der Waals surface area contributed by atoms with E-state index >= 15 is 0 Å². The summed E-state index contributed by atoms with van der Waals surface area (Å²) in [6.45, 7) is 2.39. The molecule has 2 aliphatic carbocycles. The Bertz CT molecular complexity index is 267. The molecular weight excluding hydrogens is 176 g/mol. The lowest BCUT2D eigenvalue weighted by Gasteiger charge is -2.31. The molecule has 1 unspecified atom stereocenters. The van der Waals surface area contributed by atoms with Crippen molar-refractivity contribution in [3.05, 3.63) is 11.6 Å². The third-order valence-electron chi connectivity index (χ3n) is 3.53. The van der Waals surface area contributed by atoms with Gasteiger partial charge in [-0.15, -0.1) is 0 Å². The first-order valence-electron chi connectivity index (χ1n) is 5.66. The lowest BCUT2D eigenvalue weighted by atomic mass is 9.74. The van der Waals surface area contributed by atoms with Gasteiger partial charge in [0.15, 0.2) is 0 Å². The molecule has 2 heteroatoms. The first kappa shape index (κ1) is 9.75. The smallest absolute Gasteiger partial charge is 0.316 e. The topological polar surface area (TPSA) is 26.3 Å². The largest absolute Gasteiger partial charge is 0.465 e. The lowest BCUT2D eigenvalue weighted by molar-refractivity contribution is -0.153. The number of hydrogen-bond acceptors (Lipinski definition) is 2. The van der Waals surface area contributed by atoms with Gasteiger partial charge in [0.25, 0.3) is 0 Å². The molecule has 0 heterocycles. The predicted molar refractivity (Wildman–Crippen MR) is 54.9 cm³/mol. The Morgan fingerprint density at radius 3 is 3.07 bits per heavy atom. The Morgan fingerprint density at radius 1 is 1.50 bits per heavy atom. The molecule has 0 amide bonds. The average Bonchev–Trinajstić information content (AvgIpc) is 2.62. The van der Waals surface area contributed by atoms with E-state index in [9.17, 15) is 4.79 Å². The van der Waals surface area contributed by atoms with Crippen LogP contribution in [0.5, 0.6) is 0 Å². The van der Waals surface area contributed by atoms with Gasteiger partial charge in [0.1, 0.15) is 0 Å². The second-order valence-electron chi connectivity index (χ2n) is 4.28. The van der Waals surface area contributed by atoms with E-state index in [-0.39, 0.29) is 11.4 Å². The van der Waals surface area contributed by atoms with Gasteiger partial charge in [-0.3, -0.25) is 4.79 Å². The van der Waals surface area contributed by atoms with Crippen LogP contribution in [0.1, 0.15) is 45.4 Å². The summed E-state index contributed by atoms with van der Waals surface area (Å²) >= 11 is 0. The van der Waals surface area contributed by atoms with E-state index < -0.39 is 0 Å². The normalized spacial score (nSPS) is 30.8. The van der Waals surface area contributed by atoms with E-state index in [0.717, 1.165) is 38.5 Å². The molecule has 2 aliphatic rings. The molecule has 14 heavy (non-hydrogen) atoms. The summed E-state index contributed by atoms with van der Waals surface area (Å²) in [4.78, 5) is 11.9. The summed E-state index contributed by atoms with van der Waals surface area (Å²) in [6, 6.07) is 0. The molecule has 1 atom stereocenters. The molecule has 1 saturated carbocycles. The van der Waals surface area contributed by atoms with Crippen molar-refractivity contribution in [2.45, 2.75) is 45.4 Å². The minimum absolute atomic E-state index is 0.0310. The Kier molecular flexibility index (Phi) is 2.62. The molecule has 0 aromatic rings. The first-order valence-corrected chi connectivity index (χ1v) is 5.66. The van der Waals surface area contributed by atoms with Gasteiger partial charge >= 0.3 is 5.97 Å². The van der Waals surface area contributed by atoms with Crippen LogP contribution in [0.4, 0.5) is 0 Å². The summed E-state index contributed by atoms with van der Waals surface area (Å²) < 4.78 is 5.21. The fraction of sp³-hybridized carbons (Fsp3) is 0.750. The van der Waals surface area contributed by atoms with Crippen LogP contribution in [-0.4, -0.2) is 12.6 Å². The van der Waals surface area contributed by atoms with Crippen molar-refractivity contribution in [3.63, 3.8) is 0 Å². The maximum Gasteiger partial charge on any atom is 0.316 e. The zero-order chi connectivity index (χ0) is 10.0. The third kappa shape index (κ3) is 1.37. The molecule has 2 nitrogen and oxygen atoms in total. The fourth-order valence-electron chi connectivity index (χ4n) is 2.85. The fourth-order valence-corrected chi connectivity index (χ4v) is 2.85. The lowest BCUT2D eigenvalue weighted by Crippen LogP contribution is -2.33. The maximum atomic E-state index is 11.9. The Hall–Kier alpha value is -0.790. The van der Waals surface area contributed by atoms with Gasteiger partial charge in [-0.2, -0.15) is 0 Å². The van der Waals surface area contributed by atoms with E-state index in [1.165, 1.54) is 5.57 Å². The van der Waals surface area contributed by atoms with E-state index in [1.807, 2.05) is 6.92 Å². The van der Waals surface area contributed by atoms with Crippen molar-refractivity contribution in [1.29, 1.82) is 0 Å². The molecule has 2 rings (SSSR count). The maximum absolute atomic E-state index is 11.9. The van der Waals surface area contributed by atoms with Crippen molar-refractivity contribution in [1.82, 2.24) is 0 Å². The molecule has 0 aromatic heterocycles. The van der Waals surface area contributed by atoms with E-state index in [1.54, 1.807) is 0 Å². The molecule has 0 spiro atoms. The molecule has 0 bridgehead atoms. The summed E-state index contributed by atoms with van der Waals surface area (Å²) in [5.74, 6) is 0.0310.